The zero-order valence-corrected chi connectivity index (χ0v) is 14.2. The van der Waals surface area contributed by atoms with E-state index >= 15 is 0 Å². The molecule has 126 valence electrons. The molecule has 1 heterocycles. The van der Waals surface area contributed by atoms with Gasteiger partial charge < -0.3 is 20.1 Å². The highest BCUT2D eigenvalue weighted by Crippen LogP contribution is 2.27. The van der Waals surface area contributed by atoms with Gasteiger partial charge in [-0.3, -0.25) is 4.79 Å². The van der Waals surface area contributed by atoms with E-state index in [4.69, 9.17) is 9.47 Å². The van der Waals surface area contributed by atoms with Gasteiger partial charge in [0, 0.05) is 24.7 Å². The predicted octanol–water partition coefficient (Wildman–Crippen LogP) is 2.59. The van der Waals surface area contributed by atoms with Gasteiger partial charge in [0.15, 0.2) is 0 Å². The lowest BCUT2D eigenvalue weighted by atomic mass is 9.92. The molecule has 0 aromatic heterocycles. The first kappa shape index (κ1) is 16.3. The van der Waals surface area contributed by atoms with Gasteiger partial charge in [0.25, 0.3) is 5.91 Å². The van der Waals surface area contributed by atoms with Crippen LogP contribution in [0.4, 0.5) is 0 Å². The van der Waals surface area contributed by atoms with E-state index in [0.29, 0.717) is 23.6 Å². The van der Waals surface area contributed by atoms with Crippen molar-refractivity contribution in [1.29, 1.82) is 0 Å². The third-order valence-corrected chi connectivity index (χ3v) is 4.35. The maximum absolute atomic E-state index is 12.7. The molecule has 0 saturated carbocycles. The molecule has 0 fully saturated rings. The Hall–Kier alpha value is -2.53. The van der Waals surface area contributed by atoms with Gasteiger partial charge in [-0.2, -0.15) is 0 Å². The number of ether oxygens (including phenoxy) is 2. The number of hydrogen-bond acceptors (Lipinski definition) is 4. The summed E-state index contributed by atoms with van der Waals surface area (Å²) in [6.45, 7) is 3.62. The summed E-state index contributed by atoms with van der Waals surface area (Å²) >= 11 is 0. The van der Waals surface area contributed by atoms with E-state index < -0.39 is 0 Å². The van der Waals surface area contributed by atoms with E-state index in [1.165, 1.54) is 16.7 Å². The zero-order valence-electron chi connectivity index (χ0n) is 14.2. The SMILES string of the molecule is COc1cc(OC)cc(C(=O)NC2CNCc3cccc(C)c32)c1. The molecule has 1 aliphatic rings. The molecule has 1 unspecified atom stereocenters. The third kappa shape index (κ3) is 3.21. The molecule has 5 nitrogen and oxygen atoms in total. The molecule has 1 aliphatic heterocycles. The molecule has 2 aromatic rings. The third-order valence-electron chi connectivity index (χ3n) is 4.35. The Morgan fingerprint density at radius 2 is 1.88 bits per heavy atom. The molecule has 0 bridgehead atoms. The Morgan fingerprint density at radius 3 is 2.54 bits per heavy atom. The Bertz CT molecular complexity index is 736. The average Bonchev–Trinajstić information content (AvgIpc) is 2.61. The van der Waals surface area contributed by atoms with Crippen LogP contribution in [0.15, 0.2) is 36.4 Å². The summed E-state index contributed by atoms with van der Waals surface area (Å²) < 4.78 is 10.5. The molecule has 1 atom stereocenters. The van der Waals surface area contributed by atoms with Crippen molar-refractivity contribution in [1.82, 2.24) is 10.6 Å². The van der Waals surface area contributed by atoms with Crippen LogP contribution in [0.3, 0.4) is 0 Å². The molecule has 0 aliphatic carbocycles. The second kappa shape index (κ2) is 6.93. The maximum Gasteiger partial charge on any atom is 0.252 e. The molecule has 1 amide bonds. The largest absolute Gasteiger partial charge is 0.497 e. The van der Waals surface area contributed by atoms with E-state index in [1.54, 1.807) is 32.4 Å². The minimum absolute atomic E-state index is 0.0559. The van der Waals surface area contributed by atoms with E-state index in [0.717, 1.165) is 6.54 Å². The van der Waals surface area contributed by atoms with Crippen LogP contribution < -0.4 is 20.1 Å². The molecular weight excluding hydrogens is 304 g/mol. The lowest BCUT2D eigenvalue weighted by molar-refractivity contribution is 0.0933. The first-order valence-electron chi connectivity index (χ1n) is 7.95. The minimum atomic E-state index is -0.143. The average molecular weight is 326 g/mol. The summed E-state index contributed by atoms with van der Waals surface area (Å²) in [6.07, 6.45) is 0. The smallest absolute Gasteiger partial charge is 0.252 e. The van der Waals surface area contributed by atoms with Crippen LogP contribution in [0, 0.1) is 6.92 Å². The molecule has 2 N–H and O–H groups in total. The van der Waals surface area contributed by atoms with E-state index in [2.05, 4.69) is 29.7 Å². The monoisotopic (exact) mass is 326 g/mol. The van der Waals surface area contributed by atoms with Gasteiger partial charge in [-0.05, 0) is 35.7 Å². The molecule has 3 rings (SSSR count). The van der Waals surface area contributed by atoms with Crippen LogP contribution in [0.1, 0.15) is 33.1 Å². The van der Waals surface area contributed by atoms with E-state index in [1.807, 2.05) is 6.07 Å². The van der Waals surface area contributed by atoms with Crippen molar-refractivity contribution in [3.05, 3.63) is 58.7 Å². The summed E-state index contributed by atoms with van der Waals surface area (Å²) in [5.74, 6) is 1.05. The number of aryl methyl sites for hydroxylation is 1. The highest BCUT2D eigenvalue weighted by atomic mass is 16.5. The number of benzene rings is 2. The zero-order chi connectivity index (χ0) is 17.1. The van der Waals surface area contributed by atoms with Gasteiger partial charge in [-0.25, -0.2) is 0 Å². The standard InChI is InChI=1S/C19H22N2O3/c1-12-5-4-6-13-10-20-11-17(18(12)13)21-19(22)14-7-15(23-2)9-16(8-14)24-3/h4-9,17,20H,10-11H2,1-3H3,(H,21,22). The summed E-state index contributed by atoms with van der Waals surface area (Å²) in [5.41, 5.74) is 4.16. The highest BCUT2D eigenvalue weighted by molar-refractivity contribution is 5.95. The van der Waals surface area contributed by atoms with E-state index in [-0.39, 0.29) is 11.9 Å². The topological polar surface area (TPSA) is 59.6 Å². The normalized spacial score (nSPS) is 16.2. The number of amides is 1. The lowest BCUT2D eigenvalue weighted by Crippen LogP contribution is -2.39. The Labute approximate surface area is 142 Å². The number of hydrogen-bond donors (Lipinski definition) is 2. The first-order chi connectivity index (χ1) is 11.6. The van der Waals surface area contributed by atoms with Crippen molar-refractivity contribution in [2.24, 2.45) is 0 Å². The van der Waals surface area contributed by atoms with Crippen molar-refractivity contribution in [3.8, 4) is 11.5 Å². The summed E-state index contributed by atoms with van der Waals surface area (Å²) in [4.78, 5) is 12.7. The number of methoxy groups -OCH3 is 2. The van der Waals surface area contributed by atoms with Gasteiger partial charge in [0.1, 0.15) is 11.5 Å². The first-order valence-corrected chi connectivity index (χ1v) is 7.95. The molecule has 5 heteroatoms. The quantitative estimate of drug-likeness (QED) is 0.907. The van der Waals surface area contributed by atoms with Crippen LogP contribution in [-0.4, -0.2) is 26.7 Å². The van der Waals surface area contributed by atoms with Crippen molar-refractivity contribution < 1.29 is 14.3 Å². The fraction of sp³-hybridized carbons (Fsp3) is 0.316. The molecule has 2 aromatic carbocycles. The van der Waals surface area contributed by atoms with Gasteiger partial charge in [0.05, 0.1) is 20.3 Å². The molecule has 24 heavy (non-hydrogen) atoms. The fourth-order valence-corrected chi connectivity index (χ4v) is 3.15. The van der Waals surface area contributed by atoms with Crippen LogP contribution in [0.5, 0.6) is 11.5 Å². The van der Waals surface area contributed by atoms with Crippen LogP contribution in [0.2, 0.25) is 0 Å². The molecule has 0 spiro atoms. The number of carbonyl (C=O) groups excluding carboxylic acids is 1. The molecule has 0 saturated heterocycles. The van der Waals surface area contributed by atoms with Crippen molar-refractivity contribution in [3.63, 3.8) is 0 Å². The summed E-state index contributed by atoms with van der Waals surface area (Å²) in [7, 11) is 3.14. The minimum Gasteiger partial charge on any atom is -0.497 e. The van der Waals surface area contributed by atoms with Crippen molar-refractivity contribution in [2.75, 3.05) is 20.8 Å². The second-order valence-electron chi connectivity index (χ2n) is 5.91. The second-order valence-corrected chi connectivity index (χ2v) is 5.91. The lowest BCUT2D eigenvalue weighted by Gasteiger charge is -2.29. The fourth-order valence-electron chi connectivity index (χ4n) is 3.15. The van der Waals surface area contributed by atoms with Gasteiger partial charge in [0.2, 0.25) is 0 Å². The number of rotatable bonds is 4. The van der Waals surface area contributed by atoms with Crippen LogP contribution in [0.25, 0.3) is 0 Å². The van der Waals surface area contributed by atoms with Gasteiger partial charge in [-0.1, -0.05) is 18.2 Å². The number of nitrogens with one attached hydrogen (secondary N) is 2. The molecule has 0 radical (unpaired) electrons. The predicted molar refractivity (Wildman–Crippen MR) is 92.6 cm³/mol. The van der Waals surface area contributed by atoms with Gasteiger partial charge >= 0.3 is 0 Å². The molecular formula is C19H22N2O3. The highest BCUT2D eigenvalue weighted by Gasteiger charge is 2.24. The van der Waals surface area contributed by atoms with Crippen LogP contribution >= 0.6 is 0 Å². The van der Waals surface area contributed by atoms with Crippen molar-refractivity contribution in [2.45, 2.75) is 19.5 Å². The summed E-state index contributed by atoms with van der Waals surface area (Å²) in [5, 5.41) is 6.48. The summed E-state index contributed by atoms with van der Waals surface area (Å²) in [6, 6.07) is 11.4. The number of carbonyl (C=O) groups is 1. The van der Waals surface area contributed by atoms with E-state index in [9.17, 15) is 4.79 Å². The number of fused-ring (bicyclic) bond motifs is 1. The van der Waals surface area contributed by atoms with Crippen LogP contribution in [-0.2, 0) is 6.54 Å². The van der Waals surface area contributed by atoms with Gasteiger partial charge in [-0.15, -0.1) is 0 Å². The Balaban J connectivity index is 1.87. The maximum atomic E-state index is 12.7. The Kier molecular flexibility index (Phi) is 4.71. The Morgan fingerprint density at radius 1 is 1.17 bits per heavy atom. The van der Waals surface area contributed by atoms with Crippen molar-refractivity contribution >= 4 is 5.91 Å².